The molecule has 0 aromatic rings. The molecular formula is C39H75NO3. The van der Waals surface area contributed by atoms with Gasteiger partial charge < -0.3 is 15.5 Å². The molecule has 43 heavy (non-hydrogen) atoms. The Balaban J connectivity index is 3.49. The average molecular weight is 606 g/mol. The van der Waals surface area contributed by atoms with Crippen molar-refractivity contribution in [3.05, 3.63) is 24.3 Å². The lowest BCUT2D eigenvalue weighted by molar-refractivity contribution is -0.123. The summed E-state index contributed by atoms with van der Waals surface area (Å²) in [5.41, 5.74) is 0. The van der Waals surface area contributed by atoms with Crippen molar-refractivity contribution in [2.75, 3.05) is 6.61 Å². The van der Waals surface area contributed by atoms with Crippen molar-refractivity contribution in [2.24, 2.45) is 0 Å². The van der Waals surface area contributed by atoms with E-state index in [0.717, 1.165) is 32.1 Å². The zero-order valence-electron chi connectivity index (χ0n) is 29.0. The number of allylic oxidation sites excluding steroid dienone is 4. The Morgan fingerprint density at radius 2 is 0.953 bits per heavy atom. The van der Waals surface area contributed by atoms with E-state index in [1.54, 1.807) is 0 Å². The summed E-state index contributed by atoms with van der Waals surface area (Å²) in [7, 11) is 0. The van der Waals surface area contributed by atoms with Gasteiger partial charge in [0.15, 0.2) is 0 Å². The molecule has 0 aromatic heterocycles. The fourth-order valence-electron chi connectivity index (χ4n) is 5.74. The zero-order valence-corrected chi connectivity index (χ0v) is 29.0. The number of unbranched alkanes of at least 4 members (excludes halogenated alkanes) is 23. The maximum Gasteiger partial charge on any atom is 0.220 e. The smallest absolute Gasteiger partial charge is 0.220 e. The Kier molecular flexibility index (Phi) is 34.4. The molecule has 0 saturated carbocycles. The second-order valence-electron chi connectivity index (χ2n) is 13.0. The standard InChI is InChI=1S/C39H75NO3/c1-3-5-7-9-11-13-14-15-16-17-18-19-20-21-22-23-24-25-26-27-29-31-33-35-39(43)40-37(36-41)38(42)34-32-30-28-12-10-8-6-4-2/h14-15,17-18,37-38,41-42H,3-13,16,19-36H2,1-2H3,(H,40,43)/b15-14-,18-17-. The summed E-state index contributed by atoms with van der Waals surface area (Å²) in [6.45, 7) is 4.31. The molecule has 0 fully saturated rings. The van der Waals surface area contributed by atoms with Crippen molar-refractivity contribution in [1.82, 2.24) is 5.32 Å². The molecule has 0 aliphatic heterocycles. The zero-order chi connectivity index (χ0) is 31.5. The van der Waals surface area contributed by atoms with E-state index in [4.69, 9.17) is 0 Å². The lowest BCUT2D eigenvalue weighted by Crippen LogP contribution is -2.45. The number of amides is 1. The van der Waals surface area contributed by atoms with Gasteiger partial charge in [-0.15, -0.1) is 0 Å². The maximum atomic E-state index is 12.3. The molecule has 2 atom stereocenters. The average Bonchev–Trinajstić information content (AvgIpc) is 3.01. The third-order valence-corrected chi connectivity index (χ3v) is 8.72. The number of aliphatic hydroxyl groups excluding tert-OH is 2. The van der Waals surface area contributed by atoms with E-state index in [-0.39, 0.29) is 12.5 Å². The Labute approximate surface area is 269 Å². The van der Waals surface area contributed by atoms with Gasteiger partial charge in [-0.2, -0.15) is 0 Å². The van der Waals surface area contributed by atoms with Crippen molar-refractivity contribution >= 4 is 5.91 Å². The van der Waals surface area contributed by atoms with Crippen molar-refractivity contribution in [3.8, 4) is 0 Å². The molecule has 0 rings (SSSR count). The van der Waals surface area contributed by atoms with E-state index in [9.17, 15) is 15.0 Å². The molecule has 4 heteroatoms. The van der Waals surface area contributed by atoms with Crippen LogP contribution in [0.15, 0.2) is 24.3 Å². The first-order chi connectivity index (χ1) is 21.2. The molecule has 0 bridgehead atoms. The van der Waals surface area contributed by atoms with Gasteiger partial charge in [0.2, 0.25) is 5.91 Å². The summed E-state index contributed by atoms with van der Waals surface area (Å²) < 4.78 is 0. The fraction of sp³-hybridized carbons (Fsp3) is 0.872. The number of carbonyl (C=O) groups excluding carboxylic acids is 1. The molecule has 0 spiro atoms. The minimum atomic E-state index is -0.655. The number of hydrogen-bond donors (Lipinski definition) is 3. The number of nitrogens with one attached hydrogen (secondary N) is 1. The molecule has 3 N–H and O–H groups in total. The van der Waals surface area contributed by atoms with E-state index >= 15 is 0 Å². The van der Waals surface area contributed by atoms with Gasteiger partial charge in [0.25, 0.3) is 0 Å². The van der Waals surface area contributed by atoms with Gasteiger partial charge in [-0.25, -0.2) is 0 Å². The largest absolute Gasteiger partial charge is 0.394 e. The first-order valence-electron chi connectivity index (χ1n) is 19.0. The molecule has 0 aromatic carbocycles. The van der Waals surface area contributed by atoms with E-state index in [1.807, 2.05) is 0 Å². The van der Waals surface area contributed by atoms with Crippen molar-refractivity contribution in [3.63, 3.8) is 0 Å². The van der Waals surface area contributed by atoms with Crippen LogP contribution in [0.5, 0.6) is 0 Å². The summed E-state index contributed by atoms with van der Waals surface area (Å²) >= 11 is 0. The molecule has 254 valence electrons. The van der Waals surface area contributed by atoms with E-state index in [1.165, 1.54) is 141 Å². The molecule has 1 amide bonds. The number of carbonyl (C=O) groups is 1. The van der Waals surface area contributed by atoms with Crippen LogP contribution >= 0.6 is 0 Å². The normalized spacial score (nSPS) is 13.3. The third kappa shape index (κ3) is 32.1. The number of aliphatic hydroxyl groups is 2. The van der Waals surface area contributed by atoms with Gasteiger partial charge in [-0.1, -0.05) is 173 Å². The molecule has 0 heterocycles. The van der Waals surface area contributed by atoms with Crippen LogP contribution in [0.25, 0.3) is 0 Å². The topological polar surface area (TPSA) is 69.6 Å². The molecule has 0 saturated heterocycles. The maximum absolute atomic E-state index is 12.3. The van der Waals surface area contributed by atoms with Crippen LogP contribution in [0.1, 0.15) is 200 Å². The van der Waals surface area contributed by atoms with Crippen LogP contribution < -0.4 is 5.32 Å². The lowest BCUT2D eigenvalue weighted by atomic mass is 10.0. The van der Waals surface area contributed by atoms with Crippen molar-refractivity contribution < 1.29 is 15.0 Å². The second kappa shape index (κ2) is 35.4. The van der Waals surface area contributed by atoms with Gasteiger partial charge in [0.05, 0.1) is 18.8 Å². The van der Waals surface area contributed by atoms with Crippen LogP contribution in [0.4, 0.5) is 0 Å². The van der Waals surface area contributed by atoms with Crippen LogP contribution in [-0.4, -0.2) is 34.9 Å². The predicted octanol–water partition coefficient (Wildman–Crippen LogP) is 11.3. The van der Waals surface area contributed by atoms with Crippen molar-refractivity contribution in [1.29, 1.82) is 0 Å². The van der Waals surface area contributed by atoms with Gasteiger partial charge >= 0.3 is 0 Å². The molecule has 0 aliphatic rings. The highest BCUT2D eigenvalue weighted by Gasteiger charge is 2.19. The summed E-state index contributed by atoms with van der Waals surface area (Å²) in [5.74, 6) is -0.0372. The molecular weight excluding hydrogens is 530 g/mol. The third-order valence-electron chi connectivity index (χ3n) is 8.72. The van der Waals surface area contributed by atoms with Crippen molar-refractivity contribution in [2.45, 2.75) is 212 Å². The molecule has 0 radical (unpaired) electrons. The number of hydrogen-bond acceptors (Lipinski definition) is 3. The van der Waals surface area contributed by atoms with Gasteiger partial charge in [-0.05, 0) is 44.9 Å². The van der Waals surface area contributed by atoms with Crippen LogP contribution in [-0.2, 0) is 4.79 Å². The highest BCUT2D eigenvalue weighted by molar-refractivity contribution is 5.76. The SMILES string of the molecule is CCCCCCC/C=C\C/C=C\CCCCCCCCCCCCCC(=O)NC(CO)C(O)CCCCCCCCCC. The quantitative estimate of drug-likeness (QED) is 0.0505. The lowest BCUT2D eigenvalue weighted by Gasteiger charge is -2.22. The Hall–Kier alpha value is -1.13. The van der Waals surface area contributed by atoms with E-state index in [0.29, 0.717) is 12.8 Å². The van der Waals surface area contributed by atoms with Crippen LogP contribution in [0.2, 0.25) is 0 Å². The predicted molar refractivity (Wildman–Crippen MR) is 189 cm³/mol. The summed E-state index contributed by atoms with van der Waals surface area (Å²) in [6.07, 6.45) is 43.9. The Morgan fingerprint density at radius 3 is 1.40 bits per heavy atom. The molecule has 2 unspecified atom stereocenters. The first kappa shape index (κ1) is 41.9. The van der Waals surface area contributed by atoms with Gasteiger partial charge in [-0.3, -0.25) is 4.79 Å². The second-order valence-corrected chi connectivity index (χ2v) is 13.0. The minimum Gasteiger partial charge on any atom is -0.394 e. The Morgan fingerprint density at radius 1 is 0.558 bits per heavy atom. The summed E-state index contributed by atoms with van der Waals surface area (Å²) in [4.78, 5) is 12.3. The van der Waals surface area contributed by atoms with Gasteiger partial charge in [0.1, 0.15) is 0 Å². The molecule has 0 aliphatic carbocycles. The first-order valence-corrected chi connectivity index (χ1v) is 19.0. The fourth-order valence-corrected chi connectivity index (χ4v) is 5.74. The monoisotopic (exact) mass is 606 g/mol. The highest BCUT2D eigenvalue weighted by Crippen LogP contribution is 2.14. The summed E-state index contributed by atoms with van der Waals surface area (Å²) in [5, 5.41) is 22.9. The van der Waals surface area contributed by atoms with Crippen LogP contribution in [0, 0.1) is 0 Å². The summed E-state index contributed by atoms with van der Waals surface area (Å²) in [6, 6.07) is -0.532. The Bertz CT molecular complexity index is 618. The van der Waals surface area contributed by atoms with E-state index < -0.39 is 12.1 Å². The molecule has 4 nitrogen and oxygen atoms in total. The highest BCUT2D eigenvalue weighted by atomic mass is 16.3. The van der Waals surface area contributed by atoms with Crippen LogP contribution in [0.3, 0.4) is 0 Å². The minimum absolute atomic E-state index is 0.0372. The van der Waals surface area contributed by atoms with E-state index in [2.05, 4.69) is 43.5 Å². The number of rotatable bonds is 34. The van der Waals surface area contributed by atoms with Gasteiger partial charge in [0, 0.05) is 6.42 Å².